The minimum Gasteiger partial charge on any atom is -0.338 e. The molecule has 0 saturated carbocycles. The minimum atomic E-state index is -3.66. The van der Waals surface area contributed by atoms with Crippen LogP contribution in [0.15, 0.2) is 29.2 Å². The fourth-order valence-corrected chi connectivity index (χ4v) is 1.80. The van der Waals surface area contributed by atoms with Crippen LogP contribution < -0.4 is 15.8 Å². The smallest absolute Gasteiger partial charge is 0.315 e. The summed E-state index contributed by atoms with van der Waals surface area (Å²) in [5.74, 6) is 0. The Morgan fingerprint density at radius 3 is 2.33 bits per heavy atom. The van der Waals surface area contributed by atoms with Gasteiger partial charge in [-0.2, -0.15) is 0 Å². The number of benzene rings is 1. The molecule has 6 nitrogen and oxygen atoms in total. The highest BCUT2D eigenvalue weighted by Gasteiger charge is 2.06. The molecular formula is C11H17N3O3S. The minimum absolute atomic E-state index is 0.0571. The molecular weight excluding hydrogens is 254 g/mol. The molecule has 2 amide bonds. The van der Waals surface area contributed by atoms with E-state index in [-0.39, 0.29) is 10.9 Å². The van der Waals surface area contributed by atoms with Gasteiger partial charge >= 0.3 is 6.03 Å². The summed E-state index contributed by atoms with van der Waals surface area (Å²) < 4.78 is 22.1. The van der Waals surface area contributed by atoms with E-state index in [9.17, 15) is 13.2 Å². The van der Waals surface area contributed by atoms with Gasteiger partial charge in [0.25, 0.3) is 0 Å². The first-order chi connectivity index (χ1) is 8.43. The molecule has 0 aliphatic rings. The second kappa shape index (κ2) is 6.36. The molecule has 7 heteroatoms. The summed E-state index contributed by atoms with van der Waals surface area (Å²) in [6.45, 7) is 2.92. The van der Waals surface area contributed by atoms with Gasteiger partial charge in [-0.15, -0.1) is 0 Å². The number of rotatable bonds is 5. The van der Waals surface area contributed by atoms with Gasteiger partial charge < -0.3 is 10.6 Å². The lowest BCUT2D eigenvalue weighted by Crippen LogP contribution is -2.35. The Hall–Kier alpha value is -1.60. The Morgan fingerprint density at radius 1 is 1.22 bits per heavy atom. The van der Waals surface area contributed by atoms with Gasteiger partial charge in [-0.25, -0.2) is 18.4 Å². The van der Waals surface area contributed by atoms with Crippen LogP contribution in [-0.2, 0) is 16.6 Å². The van der Waals surface area contributed by atoms with Crippen LogP contribution in [0.25, 0.3) is 0 Å². The second-order valence-corrected chi connectivity index (χ2v) is 5.36. The van der Waals surface area contributed by atoms with E-state index >= 15 is 0 Å². The van der Waals surface area contributed by atoms with Crippen molar-refractivity contribution in [1.82, 2.24) is 10.6 Å². The van der Waals surface area contributed by atoms with E-state index in [0.29, 0.717) is 13.1 Å². The molecule has 0 aliphatic carbocycles. The number of hydrogen-bond acceptors (Lipinski definition) is 3. The van der Waals surface area contributed by atoms with Gasteiger partial charge in [0.05, 0.1) is 4.90 Å². The molecule has 0 aliphatic heterocycles. The van der Waals surface area contributed by atoms with Crippen LogP contribution in [0.2, 0.25) is 0 Å². The zero-order valence-corrected chi connectivity index (χ0v) is 11.0. The molecule has 4 N–H and O–H groups in total. The molecule has 0 aromatic heterocycles. The molecule has 0 radical (unpaired) electrons. The molecule has 0 fully saturated rings. The molecule has 0 unspecified atom stereocenters. The van der Waals surface area contributed by atoms with Crippen LogP contribution in [0.3, 0.4) is 0 Å². The number of amides is 2. The van der Waals surface area contributed by atoms with E-state index in [1.807, 2.05) is 6.92 Å². The predicted molar refractivity (Wildman–Crippen MR) is 68.3 cm³/mol. The third-order valence-corrected chi connectivity index (χ3v) is 3.17. The molecule has 0 spiro atoms. The number of primary sulfonamides is 1. The predicted octanol–water partition coefficient (Wildman–Crippen LogP) is 0.543. The van der Waals surface area contributed by atoms with Crippen LogP contribution in [0.1, 0.15) is 18.9 Å². The Labute approximate surface area is 107 Å². The van der Waals surface area contributed by atoms with Gasteiger partial charge in [0.1, 0.15) is 0 Å². The molecule has 1 aromatic rings. The van der Waals surface area contributed by atoms with Crippen molar-refractivity contribution < 1.29 is 13.2 Å². The summed E-state index contributed by atoms with van der Waals surface area (Å²) in [7, 11) is -3.66. The number of hydrogen-bond donors (Lipinski definition) is 3. The first kappa shape index (κ1) is 14.5. The number of nitrogens with one attached hydrogen (secondary N) is 2. The lowest BCUT2D eigenvalue weighted by atomic mass is 10.2. The summed E-state index contributed by atoms with van der Waals surface area (Å²) in [5, 5.41) is 10.3. The van der Waals surface area contributed by atoms with Crippen molar-refractivity contribution in [3.05, 3.63) is 29.8 Å². The summed E-state index contributed by atoms with van der Waals surface area (Å²) >= 11 is 0. The molecule has 1 aromatic carbocycles. The summed E-state index contributed by atoms with van der Waals surface area (Å²) in [6.07, 6.45) is 0.872. The second-order valence-electron chi connectivity index (χ2n) is 3.80. The monoisotopic (exact) mass is 271 g/mol. The van der Waals surface area contributed by atoms with E-state index in [1.165, 1.54) is 12.1 Å². The van der Waals surface area contributed by atoms with Gasteiger partial charge in [0, 0.05) is 13.1 Å². The lowest BCUT2D eigenvalue weighted by molar-refractivity contribution is 0.240. The third-order valence-electron chi connectivity index (χ3n) is 2.24. The van der Waals surface area contributed by atoms with Gasteiger partial charge in [-0.05, 0) is 24.1 Å². The normalized spacial score (nSPS) is 11.0. The lowest BCUT2D eigenvalue weighted by Gasteiger charge is -2.07. The van der Waals surface area contributed by atoms with E-state index < -0.39 is 10.0 Å². The molecule has 0 bridgehead atoms. The van der Waals surface area contributed by atoms with Crippen LogP contribution >= 0.6 is 0 Å². The highest BCUT2D eigenvalue weighted by Crippen LogP contribution is 2.08. The standard InChI is InChI=1S/C11H17N3O3S/c1-2-7-13-11(15)14-8-9-3-5-10(6-4-9)18(12,16)17/h3-6H,2,7-8H2,1H3,(H2,12,16,17)(H2,13,14,15). The number of sulfonamides is 1. The Morgan fingerprint density at radius 2 is 1.83 bits per heavy atom. The highest BCUT2D eigenvalue weighted by molar-refractivity contribution is 7.89. The van der Waals surface area contributed by atoms with Crippen molar-refractivity contribution in [2.75, 3.05) is 6.54 Å². The molecule has 18 heavy (non-hydrogen) atoms. The fourth-order valence-electron chi connectivity index (χ4n) is 1.28. The zero-order valence-electron chi connectivity index (χ0n) is 10.1. The van der Waals surface area contributed by atoms with Crippen molar-refractivity contribution in [2.24, 2.45) is 5.14 Å². The Balaban J connectivity index is 2.52. The van der Waals surface area contributed by atoms with E-state index in [4.69, 9.17) is 5.14 Å². The summed E-state index contributed by atoms with van der Waals surface area (Å²) in [6, 6.07) is 5.80. The number of carbonyl (C=O) groups excluding carboxylic acids is 1. The largest absolute Gasteiger partial charge is 0.338 e. The number of urea groups is 1. The molecule has 1 rings (SSSR count). The first-order valence-electron chi connectivity index (χ1n) is 5.57. The van der Waals surface area contributed by atoms with Crippen molar-refractivity contribution in [3.63, 3.8) is 0 Å². The van der Waals surface area contributed by atoms with E-state index in [2.05, 4.69) is 10.6 Å². The Bertz CT molecular complexity index is 497. The maximum Gasteiger partial charge on any atom is 0.315 e. The van der Waals surface area contributed by atoms with Crippen LogP contribution in [-0.4, -0.2) is 21.0 Å². The van der Waals surface area contributed by atoms with Gasteiger partial charge in [0.2, 0.25) is 10.0 Å². The summed E-state index contributed by atoms with van der Waals surface area (Å²) in [4.78, 5) is 11.3. The van der Waals surface area contributed by atoms with Crippen molar-refractivity contribution in [1.29, 1.82) is 0 Å². The number of carbonyl (C=O) groups is 1. The van der Waals surface area contributed by atoms with Gasteiger partial charge in [0.15, 0.2) is 0 Å². The maximum absolute atomic E-state index is 11.3. The molecule has 0 heterocycles. The average molecular weight is 271 g/mol. The zero-order chi connectivity index (χ0) is 13.6. The van der Waals surface area contributed by atoms with Crippen LogP contribution in [0, 0.1) is 0 Å². The average Bonchev–Trinajstić information content (AvgIpc) is 2.33. The van der Waals surface area contributed by atoms with Gasteiger partial charge in [-0.1, -0.05) is 19.1 Å². The van der Waals surface area contributed by atoms with Crippen LogP contribution in [0.4, 0.5) is 4.79 Å². The fraction of sp³-hybridized carbons (Fsp3) is 0.364. The third kappa shape index (κ3) is 4.72. The molecule has 0 saturated heterocycles. The van der Waals surface area contributed by atoms with E-state index in [0.717, 1.165) is 12.0 Å². The number of nitrogens with two attached hydrogens (primary N) is 1. The van der Waals surface area contributed by atoms with Crippen LogP contribution in [0.5, 0.6) is 0 Å². The summed E-state index contributed by atoms with van der Waals surface area (Å²) in [5.41, 5.74) is 0.800. The SMILES string of the molecule is CCCNC(=O)NCc1ccc(S(N)(=O)=O)cc1. The van der Waals surface area contributed by atoms with Gasteiger partial charge in [-0.3, -0.25) is 0 Å². The topological polar surface area (TPSA) is 101 Å². The van der Waals surface area contributed by atoms with Crippen molar-refractivity contribution >= 4 is 16.1 Å². The highest BCUT2D eigenvalue weighted by atomic mass is 32.2. The van der Waals surface area contributed by atoms with E-state index in [1.54, 1.807) is 12.1 Å². The first-order valence-corrected chi connectivity index (χ1v) is 7.11. The molecule has 100 valence electrons. The van der Waals surface area contributed by atoms with Crippen molar-refractivity contribution in [3.8, 4) is 0 Å². The molecule has 0 atom stereocenters. The quantitative estimate of drug-likeness (QED) is 0.728. The maximum atomic E-state index is 11.3. The Kier molecular flexibility index (Phi) is 5.11. The van der Waals surface area contributed by atoms with Crippen molar-refractivity contribution in [2.45, 2.75) is 24.8 Å².